The molecule has 1 rings (SSSR count). The van der Waals surface area contributed by atoms with Crippen molar-refractivity contribution in [3.05, 3.63) is 29.8 Å². The minimum absolute atomic E-state index is 0.0118. The van der Waals surface area contributed by atoms with Crippen molar-refractivity contribution in [3.63, 3.8) is 0 Å². The van der Waals surface area contributed by atoms with Gasteiger partial charge in [0.2, 0.25) is 29.4 Å². The Bertz CT molecular complexity index is 1170. The zero-order chi connectivity index (χ0) is 33.6. The highest BCUT2D eigenvalue weighted by Crippen LogP contribution is 2.14. The SMILES string of the molecule is CC(C)C[C@H](NC(=O)CCC(=O)O)C(=O)N[C@@H](CC(C)C)C(=O)N[C@H](C(=O)N[C@@H](Cc1ccc(O)cc1)C(=O)C=O)C(C)C. The van der Waals surface area contributed by atoms with Gasteiger partial charge in [-0.2, -0.15) is 0 Å². The molecule has 0 fully saturated rings. The number of nitrogens with one attached hydrogen (secondary N) is 4. The van der Waals surface area contributed by atoms with E-state index in [1.165, 1.54) is 12.1 Å². The number of aromatic hydroxyl groups is 1. The van der Waals surface area contributed by atoms with Crippen LogP contribution in [0.3, 0.4) is 0 Å². The Hall–Kier alpha value is -4.29. The molecule has 0 spiro atoms. The zero-order valence-electron chi connectivity index (χ0n) is 26.2. The quantitative estimate of drug-likeness (QED) is 0.0973. The molecule has 44 heavy (non-hydrogen) atoms. The molecule has 4 amide bonds. The van der Waals surface area contributed by atoms with Crippen molar-refractivity contribution >= 4 is 41.7 Å². The Kier molecular flexibility index (Phi) is 15.8. The molecule has 0 aliphatic heterocycles. The van der Waals surface area contributed by atoms with Gasteiger partial charge in [-0.25, -0.2) is 0 Å². The van der Waals surface area contributed by atoms with Gasteiger partial charge >= 0.3 is 5.97 Å². The maximum atomic E-state index is 13.5. The van der Waals surface area contributed by atoms with Gasteiger partial charge in [0.05, 0.1) is 12.5 Å². The van der Waals surface area contributed by atoms with Crippen LogP contribution in [-0.4, -0.2) is 76.0 Å². The fourth-order valence-electron chi connectivity index (χ4n) is 4.39. The van der Waals surface area contributed by atoms with Crippen LogP contribution in [0.25, 0.3) is 0 Å². The molecule has 0 heterocycles. The number of aldehydes is 1. The second kappa shape index (κ2) is 18.4. The van der Waals surface area contributed by atoms with Gasteiger partial charge in [0.25, 0.3) is 0 Å². The summed E-state index contributed by atoms with van der Waals surface area (Å²) in [6.45, 7) is 10.7. The maximum Gasteiger partial charge on any atom is 0.303 e. The third-order valence-electron chi connectivity index (χ3n) is 6.66. The number of phenolic OH excluding ortho intramolecular Hbond substituents is 1. The second-order valence-corrected chi connectivity index (χ2v) is 12.0. The third-order valence-corrected chi connectivity index (χ3v) is 6.66. The third kappa shape index (κ3) is 13.8. The molecule has 244 valence electrons. The van der Waals surface area contributed by atoms with Crippen LogP contribution in [0.1, 0.15) is 72.8 Å². The lowest BCUT2D eigenvalue weighted by Gasteiger charge is -2.28. The predicted octanol–water partition coefficient (Wildman–Crippen LogP) is 1.25. The molecule has 13 nitrogen and oxygen atoms in total. The van der Waals surface area contributed by atoms with E-state index in [2.05, 4.69) is 21.3 Å². The molecular weight excluding hydrogens is 572 g/mol. The van der Waals surface area contributed by atoms with E-state index >= 15 is 0 Å². The number of carboxylic acid groups (broad SMARTS) is 1. The highest BCUT2D eigenvalue weighted by atomic mass is 16.4. The van der Waals surface area contributed by atoms with Crippen LogP contribution in [0.15, 0.2) is 24.3 Å². The molecule has 0 saturated heterocycles. The van der Waals surface area contributed by atoms with Crippen molar-refractivity contribution in [2.24, 2.45) is 17.8 Å². The Balaban J connectivity index is 3.11. The van der Waals surface area contributed by atoms with Crippen LogP contribution in [0, 0.1) is 17.8 Å². The molecule has 4 atom stereocenters. The molecule has 0 unspecified atom stereocenters. The molecule has 0 radical (unpaired) electrons. The monoisotopic (exact) mass is 618 g/mol. The summed E-state index contributed by atoms with van der Waals surface area (Å²) < 4.78 is 0. The number of ketones is 1. The van der Waals surface area contributed by atoms with E-state index in [4.69, 9.17) is 5.11 Å². The van der Waals surface area contributed by atoms with Gasteiger partial charge in [0.1, 0.15) is 23.9 Å². The predicted molar refractivity (Wildman–Crippen MR) is 161 cm³/mol. The van der Waals surface area contributed by atoms with Gasteiger partial charge in [-0.15, -0.1) is 0 Å². The van der Waals surface area contributed by atoms with E-state index in [0.29, 0.717) is 5.56 Å². The summed E-state index contributed by atoms with van der Waals surface area (Å²) in [5.74, 6) is -5.11. The minimum Gasteiger partial charge on any atom is -0.508 e. The zero-order valence-corrected chi connectivity index (χ0v) is 26.2. The summed E-state index contributed by atoms with van der Waals surface area (Å²) >= 11 is 0. The van der Waals surface area contributed by atoms with E-state index in [1.807, 2.05) is 27.7 Å². The van der Waals surface area contributed by atoms with Crippen LogP contribution in [0.2, 0.25) is 0 Å². The number of aliphatic carboxylic acids is 1. The van der Waals surface area contributed by atoms with Gasteiger partial charge < -0.3 is 31.5 Å². The lowest BCUT2D eigenvalue weighted by atomic mass is 9.97. The van der Waals surface area contributed by atoms with Crippen molar-refractivity contribution in [1.29, 1.82) is 0 Å². The fourth-order valence-corrected chi connectivity index (χ4v) is 4.39. The molecule has 0 bridgehead atoms. The number of phenols is 1. The first kappa shape index (κ1) is 37.7. The first-order chi connectivity index (χ1) is 20.5. The number of carbonyl (C=O) groups excluding carboxylic acids is 6. The molecule has 1 aromatic rings. The highest BCUT2D eigenvalue weighted by Gasteiger charge is 2.33. The number of amides is 4. The van der Waals surface area contributed by atoms with Gasteiger partial charge in [-0.05, 0) is 48.3 Å². The number of hydrogen-bond acceptors (Lipinski definition) is 8. The molecule has 0 aromatic heterocycles. The Labute approximate surface area is 257 Å². The highest BCUT2D eigenvalue weighted by molar-refractivity contribution is 6.28. The van der Waals surface area contributed by atoms with Gasteiger partial charge in [-0.3, -0.25) is 33.6 Å². The maximum absolute atomic E-state index is 13.5. The Morgan fingerprint density at radius 1 is 0.705 bits per heavy atom. The molecular formula is C31H46N4O9. The van der Waals surface area contributed by atoms with E-state index < -0.39 is 71.9 Å². The van der Waals surface area contributed by atoms with E-state index in [9.17, 15) is 38.7 Å². The second-order valence-electron chi connectivity index (χ2n) is 12.0. The summed E-state index contributed by atoms with van der Waals surface area (Å²) in [6.07, 6.45) is -0.171. The van der Waals surface area contributed by atoms with Crippen LogP contribution in [0.4, 0.5) is 0 Å². The number of carbonyl (C=O) groups is 7. The molecule has 0 aliphatic rings. The van der Waals surface area contributed by atoms with Crippen LogP contribution in [0.5, 0.6) is 5.75 Å². The van der Waals surface area contributed by atoms with Crippen LogP contribution in [-0.2, 0) is 40.0 Å². The first-order valence-electron chi connectivity index (χ1n) is 14.7. The summed E-state index contributed by atoms with van der Waals surface area (Å²) in [5.41, 5.74) is 0.583. The molecule has 1 aromatic carbocycles. The normalized spacial score (nSPS) is 13.8. The smallest absolute Gasteiger partial charge is 0.303 e. The van der Waals surface area contributed by atoms with Gasteiger partial charge in [0.15, 0.2) is 6.29 Å². The van der Waals surface area contributed by atoms with E-state index in [0.717, 1.165) is 0 Å². The van der Waals surface area contributed by atoms with Crippen molar-refractivity contribution < 1.29 is 43.8 Å². The van der Waals surface area contributed by atoms with E-state index in [-0.39, 0.29) is 49.6 Å². The number of Topliss-reactive ketones (excluding diaryl/α,β-unsaturated/α-hetero) is 1. The van der Waals surface area contributed by atoms with Crippen molar-refractivity contribution in [1.82, 2.24) is 21.3 Å². The molecule has 0 saturated carbocycles. The summed E-state index contributed by atoms with van der Waals surface area (Å²) in [6, 6.07) is 1.49. The number of carboxylic acids is 1. The summed E-state index contributed by atoms with van der Waals surface area (Å²) in [5, 5.41) is 28.8. The largest absolute Gasteiger partial charge is 0.508 e. The Morgan fingerprint density at radius 2 is 1.20 bits per heavy atom. The van der Waals surface area contributed by atoms with Crippen molar-refractivity contribution in [3.8, 4) is 5.75 Å². The van der Waals surface area contributed by atoms with E-state index in [1.54, 1.807) is 26.0 Å². The minimum atomic E-state index is -1.21. The lowest BCUT2D eigenvalue weighted by Crippen LogP contribution is -2.59. The fraction of sp³-hybridized carbons (Fsp3) is 0.581. The first-order valence-corrected chi connectivity index (χ1v) is 14.7. The van der Waals surface area contributed by atoms with Crippen LogP contribution < -0.4 is 21.3 Å². The number of benzene rings is 1. The average molecular weight is 619 g/mol. The number of hydrogen-bond donors (Lipinski definition) is 6. The van der Waals surface area contributed by atoms with Crippen molar-refractivity contribution in [2.45, 2.75) is 97.8 Å². The summed E-state index contributed by atoms with van der Waals surface area (Å²) in [4.78, 5) is 86.8. The number of rotatable bonds is 19. The summed E-state index contributed by atoms with van der Waals surface area (Å²) in [7, 11) is 0. The molecule has 6 N–H and O–H groups in total. The lowest BCUT2D eigenvalue weighted by molar-refractivity contribution is -0.139. The van der Waals surface area contributed by atoms with Crippen molar-refractivity contribution in [2.75, 3.05) is 0 Å². The topological polar surface area (TPSA) is 208 Å². The standard InChI is InChI=1S/C31H46N4O9/c1-17(2)13-23(32-26(39)11-12-27(40)41)29(42)34-24(14-18(3)4)30(43)35-28(19(5)6)31(44)33-22(25(38)16-36)15-20-7-9-21(37)10-8-20/h7-10,16-19,22-24,28,37H,11-15H2,1-6H3,(H,32,39)(H,33,44)(H,34,42)(H,35,43)(H,40,41)/t22-,23-,24-,28-/m0/s1. The Morgan fingerprint density at radius 3 is 1.68 bits per heavy atom. The van der Waals surface area contributed by atoms with Crippen LogP contribution >= 0.6 is 0 Å². The van der Waals surface area contributed by atoms with Gasteiger partial charge in [-0.1, -0.05) is 53.7 Å². The average Bonchev–Trinajstić information content (AvgIpc) is 2.93. The molecule has 13 heteroatoms. The molecule has 0 aliphatic carbocycles. The van der Waals surface area contributed by atoms with Gasteiger partial charge in [0, 0.05) is 12.8 Å².